The van der Waals surface area contributed by atoms with Gasteiger partial charge in [-0.05, 0) is 50.3 Å². The monoisotopic (exact) mass is 312 g/mol. The van der Waals surface area contributed by atoms with E-state index in [0.29, 0.717) is 0 Å². The van der Waals surface area contributed by atoms with Gasteiger partial charge in [0.2, 0.25) is 10.0 Å². The molecule has 0 radical (unpaired) electrons. The molecule has 0 saturated heterocycles. The summed E-state index contributed by atoms with van der Waals surface area (Å²) in [6.45, 7) is 13.1. The van der Waals surface area contributed by atoms with E-state index in [1.54, 1.807) is 12.1 Å². The fraction of sp³-hybridized carbons (Fsp3) is 0.625. The molecular weight excluding hydrogens is 284 g/mol. The summed E-state index contributed by atoms with van der Waals surface area (Å²) in [5.41, 5.74) is 1.29. The van der Waals surface area contributed by atoms with Crippen molar-refractivity contribution in [2.24, 2.45) is 10.6 Å². The summed E-state index contributed by atoms with van der Waals surface area (Å²) < 4.78 is 22.5. The van der Waals surface area contributed by atoms with E-state index >= 15 is 0 Å². The first kappa shape index (κ1) is 18.1. The average Bonchev–Trinajstić information content (AvgIpc) is 2.23. The molecule has 0 saturated carbocycles. The Balaban J connectivity index is 2.83. The second-order valence-corrected chi connectivity index (χ2v) is 9.16. The molecule has 0 aromatic heterocycles. The third kappa shape index (κ3) is 6.16. The van der Waals surface area contributed by atoms with Gasteiger partial charge in [0.1, 0.15) is 0 Å². The van der Waals surface area contributed by atoms with Gasteiger partial charge < -0.3 is 5.32 Å². The van der Waals surface area contributed by atoms with Gasteiger partial charge in [0.05, 0.1) is 4.90 Å². The zero-order chi connectivity index (χ0) is 16.5. The molecule has 3 N–H and O–H groups in total. The number of primary sulfonamides is 1. The number of nitrogens with two attached hydrogens (primary N) is 1. The summed E-state index contributed by atoms with van der Waals surface area (Å²) in [5.74, 6) is 0. The predicted molar refractivity (Wildman–Crippen MR) is 87.5 cm³/mol. The van der Waals surface area contributed by atoms with Crippen molar-refractivity contribution in [3.8, 4) is 0 Å². The zero-order valence-electron chi connectivity index (χ0n) is 13.9. The first-order valence-electron chi connectivity index (χ1n) is 7.21. The Bertz CT molecular complexity index is 569. The van der Waals surface area contributed by atoms with E-state index in [1.807, 2.05) is 12.1 Å². The Hall–Kier alpha value is -0.910. The highest BCUT2D eigenvalue weighted by molar-refractivity contribution is 7.89. The molecule has 120 valence electrons. The van der Waals surface area contributed by atoms with Gasteiger partial charge in [-0.2, -0.15) is 0 Å². The normalized spacial score (nSPS) is 15.0. The van der Waals surface area contributed by atoms with E-state index in [1.165, 1.54) is 0 Å². The van der Waals surface area contributed by atoms with Gasteiger partial charge in [-0.25, -0.2) is 13.6 Å². The van der Waals surface area contributed by atoms with Crippen molar-refractivity contribution in [1.82, 2.24) is 5.32 Å². The van der Waals surface area contributed by atoms with E-state index in [0.717, 1.165) is 12.0 Å². The summed E-state index contributed by atoms with van der Waals surface area (Å²) in [7, 11) is -3.62. The Morgan fingerprint density at radius 3 is 1.95 bits per heavy atom. The SMILES string of the molecule is CC(NC(C)(C)CC(C)(C)C)c1ccc(S(N)(=O)=O)cc1. The van der Waals surface area contributed by atoms with Crippen molar-refractivity contribution in [1.29, 1.82) is 0 Å². The van der Waals surface area contributed by atoms with Gasteiger partial charge in [0.25, 0.3) is 0 Å². The molecule has 0 bridgehead atoms. The minimum absolute atomic E-state index is 0.00369. The van der Waals surface area contributed by atoms with E-state index in [4.69, 9.17) is 5.14 Å². The van der Waals surface area contributed by atoms with E-state index in [2.05, 4.69) is 46.9 Å². The molecule has 1 aromatic carbocycles. The first-order chi connectivity index (χ1) is 9.30. The largest absolute Gasteiger partial charge is 0.305 e. The highest BCUT2D eigenvalue weighted by atomic mass is 32.2. The average molecular weight is 312 g/mol. The highest BCUT2D eigenvalue weighted by Gasteiger charge is 2.26. The summed E-state index contributed by atoms with van der Waals surface area (Å²) in [5, 5.41) is 8.72. The molecule has 0 amide bonds. The number of hydrogen-bond donors (Lipinski definition) is 2. The maximum absolute atomic E-state index is 11.3. The Kier molecular flexibility index (Phi) is 5.24. The molecule has 0 aliphatic carbocycles. The molecule has 0 heterocycles. The third-order valence-electron chi connectivity index (χ3n) is 3.29. The van der Waals surface area contributed by atoms with Crippen LogP contribution in [0.15, 0.2) is 29.2 Å². The van der Waals surface area contributed by atoms with Crippen LogP contribution < -0.4 is 10.5 Å². The quantitative estimate of drug-likeness (QED) is 0.877. The van der Waals surface area contributed by atoms with Crippen LogP contribution in [0.5, 0.6) is 0 Å². The van der Waals surface area contributed by atoms with Crippen LogP contribution in [-0.2, 0) is 10.0 Å². The van der Waals surface area contributed by atoms with Crippen molar-refractivity contribution >= 4 is 10.0 Å². The Morgan fingerprint density at radius 2 is 1.57 bits per heavy atom. The summed E-state index contributed by atoms with van der Waals surface area (Å²) in [4.78, 5) is 0.146. The second-order valence-electron chi connectivity index (χ2n) is 7.60. The summed E-state index contributed by atoms with van der Waals surface area (Å²) in [6.07, 6.45) is 1.04. The van der Waals surface area contributed by atoms with Crippen molar-refractivity contribution in [3.05, 3.63) is 29.8 Å². The first-order valence-corrected chi connectivity index (χ1v) is 8.75. The molecule has 1 atom stereocenters. The van der Waals surface area contributed by atoms with Crippen molar-refractivity contribution in [2.75, 3.05) is 0 Å². The van der Waals surface area contributed by atoms with Crippen LogP contribution >= 0.6 is 0 Å². The van der Waals surface area contributed by atoms with E-state index in [9.17, 15) is 8.42 Å². The fourth-order valence-electron chi connectivity index (χ4n) is 2.99. The highest BCUT2D eigenvalue weighted by Crippen LogP contribution is 2.29. The van der Waals surface area contributed by atoms with E-state index < -0.39 is 10.0 Å². The van der Waals surface area contributed by atoms with Crippen LogP contribution in [0, 0.1) is 5.41 Å². The van der Waals surface area contributed by atoms with Crippen LogP contribution in [-0.4, -0.2) is 14.0 Å². The van der Waals surface area contributed by atoms with Gasteiger partial charge in [0, 0.05) is 11.6 Å². The number of nitrogens with one attached hydrogen (secondary N) is 1. The summed E-state index contributed by atoms with van der Waals surface area (Å²) in [6, 6.07) is 6.87. The lowest BCUT2D eigenvalue weighted by Gasteiger charge is -2.36. The minimum Gasteiger partial charge on any atom is -0.305 e. The van der Waals surface area contributed by atoms with Gasteiger partial charge in [-0.1, -0.05) is 32.9 Å². The van der Waals surface area contributed by atoms with Crippen LogP contribution in [0.3, 0.4) is 0 Å². The van der Waals surface area contributed by atoms with Crippen LogP contribution in [0.4, 0.5) is 0 Å². The molecule has 1 rings (SSSR count). The molecule has 0 aliphatic heterocycles. The predicted octanol–water partition coefficient (Wildman–Crippen LogP) is 3.20. The Labute approximate surface area is 129 Å². The third-order valence-corrected chi connectivity index (χ3v) is 4.22. The van der Waals surface area contributed by atoms with Gasteiger partial charge >= 0.3 is 0 Å². The molecule has 4 nitrogen and oxygen atoms in total. The topological polar surface area (TPSA) is 72.2 Å². The molecular formula is C16H28N2O2S. The van der Waals surface area contributed by atoms with Crippen LogP contribution in [0.25, 0.3) is 0 Å². The number of sulfonamides is 1. The Morgan fingerprint density at radius 1 is 1.10 bits per heavy atom. The molecule has 1 aromatic rings. The zero-order valence-corrected chi connectivity index (χ0v) is 14.7. The van der Waals surface area contributed by atoms with Gasteiger partial charge in [0.15, 0.2) is 0 Å². The van der Waals surface area contributed by atoms with Crippen molar-refractivity contribution < 1.29 is 8.42 Å². The maximum atomic E-state index is 11.3. The van der Waals surface area contributed by atoms with Crippen LogP contribution in [0.1, 0.15) is 59.6 Å². The molecule has 0 spiro atoms. The summed E-state index contributed by atoms with van der Waals surface area (Å²) >= 11 is 0. The van der Waals surface area contributed by atoms with Crippen molar-refractivity contribution in [2.45, 2.75) is 64.4 Å². The number of hydrogen-bond acceptors (Lipinski definition) is 3. The van der Waals surface area contributed by atoms with Crippen molar-refractivity contribution in [3.63, 3.8) is 0 Å². The lowest BCUT2D eigenvalue weighted by molar-refractivity contribution is 0.227. The molecule has 21 heavy (non-hydrogen) atoms. The maximum Gasteiger partial charge on any atom is 0.238 e. The minimum atomic E-state index is -3.62. The smallest absolute Gasteiger partial charge is 0.238 e. The molecule has 0 fully saturated rings. The molecule has 1 unspecified atom stereocenters. The molecule has 5 heteroatoms. The molecule has 0 aliphatic rings. The van der Waals surface area contributed by atoms with Crippen LogP contribution in [0.2, 0.25) is 0 Å². The van der Waals surface area contributed by atoms with Gasteiger partial charge in [-0.3, -0.25) is 0 Å². The number of rotatable bonds is 5. The second kappa shape index (κ2) is 6.07. The number of benzene rings is 1. The van der Waals surface area contributed by atoms with Gasteiger partial charge in [-0.15, -0.1) is 0 Å². The lowest BCUT2D eigenvalue weighted by atomic mass is 9.81. The lowest BCUT2D eigenvalue weighted by Crippen LogP contribution is -2.43. The fourth-order valence-corrected chi connectivity index (χ4v) is 3.51. The van der Waals surface area contributed by atoms with E-state index in [-0.39, 0.29) is 21.9 Å². The standard InChI is InChI=1S/C16H28N2O2S/c1-12(18-16(5,6)11-15(2,3)4)13-7-9-14(10-8-13)21(17,19)20/h7-10,12,18H,11H2,1-6H3,(H2,17,19,20).